The van der Waals surface area contributed by atoms with Crippen molar-refractivity contribution >= 4 is 11.9 Å². The molecule has 0 bridgehead atoms. The van der Waals surface area contributed by atoms with Gasteiger partial charge in [0.2, 0.25) is 5.91 Å². The average Bonchev–Trinajstić information content (AvgIpc) is 2.82. The van der Waals surface area contributed by atoms with Gasteiger partial charge in [-0.05, 0) is 26.7 Å². The Hall–Kier alpha value is -1.30. The molecule has 2 fully saturated rings. The van der Waals surface area contributed by atoms with Crippen molar-refractivity contribution < 1.29 is 14.3 Å². The number of hydrogen-bond donors (Lipinski definition) is 2. The maximum Gasteiger partial charge on any atom is 0.318 e. The maximum atomic E-state index is 12.1. The third kappa shape index (κ3) is 2.58. The van der Waals surface area contributed by atoms with Crippen LogP contribution in [0.25, 0.3) is 0 Å². The zero-order valence-corrected chi connectivity index (χ0v) is 11.0. The Labute approximate surface area is 107 Å². The Balaban J connectivity index is 1.89. The standard InChI is InChI=1S/C12H21N3O3/c1-12(2)10(16)13-5-6-15(12)11(17)14-8-9-4-3-7-18-9/h9H,3-8H2,1-2H3,(H,13,16)(H,14,17)/t9-/m0/s1. The van der Waals surface area contributed by atoms with Crippen molar-refractivity contribution in [2.75, 3.05) is 26.2 Å². The molecule has 6 nitrogen and oxygen atoms in total. The van der Waals surface area contributed by atoms with Crippen molar-refractivity contribution in [2.45, 2.75) is 38.3 Å². The molecule has 18 heavy (non-hydrogen) atoms. The molecule has 2 rings (SSSR count). The van der Waals surface area contributed by atoms with Crippen molar-refractivity contribution in [2.24, 2.45) is 0 Å². The van der Waals surface area contributed by atoms with Gasteiger partial charge >= 0.3 is 6.03 Å². The van der Waals surface area contributed by atoms with E-state index in [0.717, 1.165) is 19.4 Å². The molecule has 0 radical (unpaired) electrons. The van der Waals surface area contributed by atoms with E-state index in [9.17, 15) is 9.59 Å². The topological polar surface area (TPSA) is 70.7 Å². The zero-order valence-electron chi connectivity index (χ0n) is 11.0. The highest BCUT2D eigenvalue weighted by molar-refractivity contribution is 5.91. The lowest BCUT2D eigenvalue weighted by Crippen LogP contribution is -2.65. The van der Waals surface area contributed by atoms with E-state index in [1.807, 2.05) is 0 Å². The van der Waals surface area contributed by atoms with Crippen LogP contribution >= 0.6 is 0 Å². The number of amides is 3. The number of carbonyl (C=O) groups excluding carboxylic acids is 2. The van der Waals surface area contributed by atoms with Gasteiger partial charge in [-0.15, -0.1) is 0 Å². The van der Waals surface area contributed by atoms with E-state index >= 15 is 0 Å². The first-order chi connectivity index (χ1) is 8.51. The highest BCUT2D eigenvalue weighted by atomic mass is 16.5. The van der Waals surface area contributed by atoms with Crippen molar-refractivity contribution in [3.05, 3.63) is 0 Å². The van der Waals surface area contributed by atoms with Gasteiger partial charge in [0, 0.05) is 26.2 Å². The van der Waals surface area contributed by atoms with E-state index in [2.05, 4.69) is 10.6 Å². The molecule has 2 saturated heterocycles. The normalized spacial score (nSPS) is 26.9. The Morgan fingerprint density at radius 3 is 3.06 bits per heavy atom. The molecule has 102 valence electrons. The lowest BCUT2D eigenvalue weighted by Gasteiger charge is -2.41. The van der Waals surface area contributed by atoms with Gasteiger partial charge in [-0.2, -0.15) is 0 Å². The van der Waals surface area contributed by atoms with Crippen LogP contribution in [0.15, 0.2) is 0 Å². The molecule has 0 aromatic heterocycles. The van der Waals surface area contributed by atoms with E-state index in [-0.39, 0.29) is 18.0 Å². The van der Waals surface area contributed by atoms with Crippen molar-refractivity contribution in [3.8, 4) is 0 Å². The summed E-state index contributed by atoms with van der Waals surface area (Å²) in [5.74, 6) is -0.110. The minimum Gasteiger partial charge on any atom is -0.376 e. The van der Waals surface area contributed by atoms with Crippen molar-refractivity contribution in [1.29, 1.82) is 0 Å². The van der Waals surface area contributed by atoms with Crippen LogP contribution in [0.5, 0.6) is 0 Å². The molecule has 0 spiro atoms. The molecule has 2 aliphatic rings. The van der Waals surface area contributed by atoms with Gasteiger partial charge in [0.05, 0.1) is 6.10 Å². The lowest BCUT2D eigenvalue weighted by molar-refractivity contribution is -0.132. The van der Waals surface area contributed by atoms with Crippen LogP contribution < -0.4 is 10.6 Å². The number of urea groups is 1. The van der Waals surface area contributed by atoms with Gasteiger partial charge in [0.15, 0.2) is 0 Å². The third-order valence-electron chi connectivity index (χ3n) is 3.60. The van der Waals surface area contributed by atoms with E-state index in [0.29, 0.717) is 19.6 Å². The van der Waals surface area contributed by atoms with Crippen LogP contribution in [0.4, 0.5) is 4.79 Å². The number of carbonyl (C=O) groups is 2. The second-order valence-corrected chi connectivity index (χ2v) is 5.29. The monoisotopic (exact) mass is 255 g/mol. The predicted molar refractivity (Wildman–Crippen MR) is 66.2 cm³/mol. The molecule has 2 aliphatic heterocycles. The second kappa shape index (κ2) is 5.14. The van der Waals surface area contributed by atoms with Crippen LogP contribution in [0.3, 0.4) is 0 Å². The smallest absolute Gasteiger partial charge is 0.318 e. The van der Waals surface area contributed by atoms with Crippen LogP contribution in [0, 0.1) is 0 Å². The summed E-state index contributed by atoms with van der Waals surface area (Å²) in [5, 5.41) is 5.62. The molecule has 1 atom stereocenters. The maximum absolute atomic E-state index is 12.1. The number of hydrogen-bond acceptors (Lipinski definition) is 3. The molecule has 0 aromatic carbocycles. The lowest BCUT2D eigenvalue weighted by atomic mass is 9.99. The third-order valence-corrected chi connectivity index (χ3v) is 3.60. The van der Waals surface area contributed by atoms with E-state index in [1.165, 1.54) is 0 Å². The average molecular weight is 255 g/mol. The first kappa shape index (κ1) is 13.1. The van der Waals surface area contributed by atoms with Crippen LogP contribution in [0.2, 0.25) is 0 Å². The summed E-state index contributed by atoms with van der Waals surface area (Å²) in [4.78, 5) is 25.4. The molecule has 0 aromatic rings. The van der Waals surface area contributed by atoms with Gasteiger partial charge in [0.1, 0.15) is 5.54 Å². The van der Waals surface area contributed by atoms with Gasteiger partial charge in [-0.25, -0.2) is 4.79 Å². The fourth-order valence-electron chi connectivity index (χ4n) is 2.36. The number of nitrogens with one attached hydrogen (secondary N) is 2. The fraction of sp³-hybridized carbons (Fsp3) is 0.833. The minimum atomic E-state index is -0.793. The molecule has 2 heterocycles. The molecule has 0 aliphatic carbocycles. The quantitative estimate of drug-likeness (QED) is 0.734. The summed E-state index contributed by atoms with van der Waals surface area (Å²) in [7, 11) is 0. The summed E-state index contributed by atoms with van der Waals surface area (Å²) < 4.78 is 5.45. The first-order valence-electron chi connectivity index (χ1n) is 6.47. The molecule has 2 N–H and O–H groups in total. The van der Waals surface area contributed by atoms with E-state index in [1.54, 1.807) is 18.7 Å². The van der Waals surface area contributed by atoms with Crippen LogP contribution in [-0.2, 0) is 9.53 Å². The fourth-order valence-corrected chi connectivity index (χ4v) is 2.36. The van der Waals surface area contributed by atoms with Crippen molar-refractivity contribution in [3.63, 3.8) is 0 Å². The predicted octanol–water partition coefficient (Wildman–Crippen LogP) is 0.0854. The Kier molecular flexibility index (Phi) is 3.75. The molecular formula is C12H21N3O3. The second-order valence-electron chi connectivity index (χ2n) is 5.29. The summed E-state index contributed by atoms with van der Waals surface area (Å²) in [6.45, 7) is 5.86. The molecule has 3 amide bonds. The Morgan fingerprint density at radius 2 is 2.39 bits per heavy atom. The summed E-state index contributed by atoms with van der Waals surface area (Å²) in [5.41, 5.74) is -0.793. The van der Waals surface area contributed by atoms with E-state index < -0.39 is 5.54 Å². The first-order valence-corrected chi connectivity index (χ1v) is 6.47. The highest BCUT2D eigenvalue weighted by Crippen LogP contribution is 2.18. The van der Waals surface area contributed by atoms with Crippen LogP contribution in [-0.4, -0.2) is 54.7 Å². The van der Waals surface area contributed by atoms with Crippen molar-refractivity contribution in [1.82, 2.24) is 15.5 Å². The Morgan fingerprint density at radius 1 is 1.61 bits per heavy atom. The zero-order chi connectivity index (χ0) is 13.2. The van der Waals surface area contributed by atoms with Gasteiger partial charge in [-0.3, -0.25) is 4.79 Å². The Bertz CT molecular complexity index is 337. The van der Waals surface area contributed by atoms with Crippen LogP contribution in [0.1, 0.15) is 26.7 Å². The number of ether oxygens (including phenoxy) is 1. The number of piperazine rings is 1. The minimum absolute atomic E-state index is 0.110. The molecular weight excluding hydrogens is 234 g/mol. The number of rotatable bonds is 2. The van der Waals surface area contributed by atoms with E-state index in [4.69, 9.17) is 4.74 Å². The SMILES string of the molecule is CC1(C)C(=O)NCCN1C(=O)NC[C@@H]1CCCO1. The largest absolute Gasteiger partial charge is 0.376 e. The summed E-state index contributed by atoms with van der Waals surface area (Å²) in [6.07, 6.45) is 2.16. The molecule has 0 unspecified atom stereocenters. The highest BCUT2D eigenvalue weighted by Gasteiger charge is 2.40. The summed E-state index contributed by atoms with van der Waals surface area (Å²) >= 11 is 0. The molecule has 0 saturated carbocycles. The molecule has 6 heteroatoms. The van der Waals surface area contributed by atoms with Gasteiger partial charge in [-0.1, -0.05) is 0 Å². The number of nitrogens with zero attached hydrogens (tertiary/aromatic N) is 1. The van der Waals surface area contributed by atoms with Gasteiger partial charge in [0.25, 0.3) is 0 Å². The summed E-state index contributed by atoms with van der Waals surface area (Å²) in [6, 6.07) is -0.189. The van der Waals surface area contributed by atoms with Gasteiger partial charge < -0.3 is 20.3 Å².